The highest BCUT2D eigenvalue weighted by Gasteiger charge is 2.47. The molecule has 0 saturated carbocycles. The summed E-state index contributed by atoms with van der Waals surface area (Å²) in [5, 5.41) is 18.5. The van der Waals surface area contributed by atoms with Gasteiger partial charge in [-0.15, -0.1) is 0 Å². The molecule has 0 spiro atoms. The van der Waals surface area contributed by atoms with Gasteiger partial charge < -0.3 is 14.8 Å². The normalized spacial score (nSPS) is 21.2. The highest BCUT2D eigenvalue weighted by atomic mass is 16.7. The van der Waals surface area contributed by atoms with E-state index in [0.717, 1.165) is 0 Å². The molecule has 0 bridgehead atoms. The Morgan fingerprint density at radius 2 is 2.12 bits per heavy atom. The molecule has 1 aromatic carbocycles. The lowest BCUT2D eigenvalue weighted by atomic mass is 9.83. The van der Waals surface area contributed by atoms with Crippen molar-refractivity contribution in [2.24, 2.45) is 0 Å². The summed E-state index contributed by atoms with van der Waals surface area (Å²) in [7, 11) is 0. The second-order valence-electron chi connectivity index (χ2n) is 6.30. The number of aromatic nitrogens is 2. The first kappa shape index (κ1) is 15.4. The number of nitrogens with zero attached hydrogens (tertiary/aromatic N) is 3. The number of anilines is 1. The molecule has 2 atom stereocenters. The molecule has 1 amide bonds. The van der Waals surface area contributed by atoms with Crippen LogP contribution in [0.5, 0.6) is 11.5 Å². The van der Waals surface area contributed by atoms with Gasteiger partial charge in [0.25, 0.3) is 0 Å². The molecule has 9 nitrogen and oxygen atoms in total. The lowest BCUT2D eigenvalue weighted by Crippen LogP contribution is -2.44. The average molecular weight is 344 g/mol. The van der Waals surface area contributed by atoms with Gasteiger partial charge in [0.15, 0.2) is 11.5 Å². The summed E-state index contributed by atoms with van der Waals surface area (Å²) < 4.78 is 12.3. The van der Waals surface area contributed by atoms with Crippen LogP contribution in [0, 0.1) is 10.1 Å². The molecule has 3 heterocycles. The summed E-state index contributed by atoms with van der Waals surface area (Å²) in [6.07, 6.45) is 1.58. The van der Waals surface area contributed by atoms with Crippen molar-refractivity contribution in [1.29, 1.82) is 0 Å². The molecule has 130 valence electrons. The number of hydrogen-bond donors (Lipinski definition) is 1. The van der Waals surface area contributed by atoms with E-state index in [4.69, 9.17) is 9.47 Å². The van der Waals surface area contributed by atoms with E-state index in [-0.39, 0.29) is 12.8 Å². The second kappa shape index (κ2) is 5.47. The zero-order valence-electron chi connectivity index (χ0n) is 13.6. The van der Waals surface area contributed by atoms with Crippen LogP contribution < -0.4 is 14.8 Å². The van der Waals surface area contributed by atoms with E-state index >= 15 is 0 Å². The van der Waals surface area contributed by atoms with Crippen LogP contribution in [-0.2, 0) is 4.79 Å². The number of carbonyl (C=O) groups is 1. The highest BCUT2D eigenvalue weighted by molar-refractivity contribution is 5.98. The minimum absolute atomic E-state index is 0.00797. The van der Waals surface area contributed by atoms with Gasteiger partial charge in [-0.05, 0) is 31.5 Å². The molecule has 1 aromatic heterocycles. The lowest BCUT2D eigenvalue weighted by molar-refractivity contribution is -0.509. The minimum atomic E-state index is -1.43. The fourth-order valence-corrected chi connectivity index (χ4v) is 3.32. The Kier molecular flexibility index (Phi) is 3.38. The van der Waals surface area contributed by atoms with Crippen molar-refractivity contribution in [1.82, 2.24) is 9.78 Å². The van der Waals surface area contributed by atoms with Gasteiger partial charge in [-0.1, -0.05) is 6.07 Å². The summed E-state index contributed by atoms with van der Waals surface area (Å²) in [5.41, 5.74) is 1.24. The van der Waals surface area contributed by atoms with Crippen LogP contribution in [-0.4, -0.2) is 33.4 Å². The van der Waals surface area contributed by atoms with E-state index in [2.05, 4.69) is 10.4 Å². The Labute approximate surface area is 142 Å². The van der Waals surface area contributed by atoms with Crippen molar-refractivity contribution in [2.75, 3.05) is 12.1 Å². The van der Waals surface area contributed by atoms with E-state index in [1.165, 1.54) is 0 Å². The van der Waals surface area contributed by atoms with E-state index < -0.39 is 22.8 Å². The predicted molar refractivity (Wildman–Crippen MR) is 86.4 cm³/mol. The van der Waals surface area contributed by atoms with Crippen LogP contribution in [0.3, 0.4) is 0 Å². The van der Waals surface area contributed by atoms with Crippen molar-refractivity contribution >= 4 is 11.7 Å². The van der Waals surface area contributed by atoms with Crippen LogP contribution in [0.1, 0.15) is 36.9 Å². The fourth-order valence-electron chi connectivity index (χ4n) is 3.32. The number of benzene rings is 1. The molecule has 0 unspecified atom stereocenters. The Morgan fingerprint density at radius 1 is 1.36 bits per heavy atom. The Hall–Kier alpha value is -3.10. The molecule has 25 heavy (non-hydrogen) atoms. The molecule has 2 aliphatic heterocycles. The van der Waals surface area contributed by atoms with Crippen molar-refractivity contribution in [3.8, 4) is 11.5 Å². The number of amides is 1. The number of nitrogens with one attached hydrogen (secondary N) is 1. The maximum Gasteiger partial charge on any atom is 0.301 e. The first-order chi connectivity index (χ1) is 12.0. The molecule has 0 fully saturated rings. The molecule has 0 radical (unpaired) electrons. The van der Waals surface area contributed by atoms with Crippen molar-refractivity contribution in [3.05, 3.63) is 45.6 Å². The van der Waals surface area contributed by atoms with E-state index in [9.17, 15) is 14.9 Å². The quantitative estimate of drug-likeness (QED) is 0.673. The number of nitro groups is 1. The highest BCUT2D eigenvalue weighted by Crippen LogP contribution is 2.42. The molecular weight excluding hydrogens is 328 g/mol. The SMILES string of the molecule is CC(C)n1ncc2c1NC(=O)[C@H]([N+](=O)[O-])[C@@H]2c1ccc2c(c1)OCO2. The van der Waals surface area contributed by atoms with Gasteiger partial charge in [0.2, 0.25) is 6.79 Å². The van der Waals surface area contributed by atoms with Crippen molar-refractivity contribution in [3.63, 3.8) is 0 Å². The van der Waals surface area contributed by atoms with Crippen molar-refractivity contribution in [2.45, 2.75) is 31.8 Å². The van der Waals surface area contributed by atoms with E-state index in [1.807, 2.05) is 13.8 Å². The number of hydrogen-bond acceptors (Lipinski definition) is 6. The van der Waals surface area contributed by atoms with Crippen LogP contribution in [0.2, 0.25) is 0 Å². The maximum absolute atomic E-state index is 12.4. The standard InChI is InChI=1S/C16H16N4O5/c1-8(2)19-15-10(6-17-19)13(14(20(22)23)16(21)18-15)9-3-4-11-12(5-9)25-7-24-11/h3-6,8,13-14H,7H2,1-2H3,(H,18,21)/t13-,14-/m1/s1. The summed E-state index contributed by atoms with van der Waals surface area (Å²) in [6, 6.07) is 3.70. The topological polar surface area (TPSA) is 109 Å². The molecule has 1 N–H and O–H groups in total. The van der Waals surface area contributed by atoms with Gasteiger partial charge >= 0.3 is 11.9 Å². The third-order valence-electron chi connectivity index (χ3n) is 4.46. The van der Waals surface area contributed by atoms with Crippen LogP contribution in [0.25, 0.3) is 0 Å². The molecule has 4 rings (SSSR count). The van der Waals surface area contributed by atoms with Crippen LogP contribution in [0.4, 0.5) is 5.82 Å². The Morgan fingerprint density at radius 3 is 2.84 bits per heavy atom. The van der Waals surface area contributed by atoms with E-state index in [0.29, 0.717) is 28.4 Å². The molecule has 2 aromatic rings. The van der Waals surface area contributed by atoms with Gasteiger partial charge in [-0.3, -0.25) is 14.9 Å². The third kappa shape index (κ3) is 2.31. The summed E-state index contributed by atoms with van der Waals surface area (Å²) in [4.78, 5) is 23.5. The zero-order valence-corrected chi connectivity index (χ0v) is 13.6. The summed E-state index contributed by atoms with van der Waals surface area (Å²) in [5.74, 6) is 0.201. The monoisotopic (exact) mass is 344 g/mol. The van der Waals surface area contributed by atoms with Gasteiger partial charge in [0, 0.05) is 16.5 Å². The first-order valence-corrected chi connectivity index (χ1v) is 7.88. The number of ether oxygens (including phenoxy) is 2. The number of carbonyl (C=O) groups excluding carboxylic acids is 1. The Bertz CT molecular complexity index is 875. The predicted octanol–water partition coefficient (Wildman–Crippen LogP) is 1.92. The van der Waals surface area contributed by atoms with E-state index in [1.54, 1.807) is 29.1 Å². The second-order valence-corrected chi connectivity index (χ2v) is 6.30. The zero-order chi connectivity index (χ0) is 17.7. The maximum atomic E-state index is 12.4. The number of fused-ring (bicyclic) bond motifs is 2. The van der Waals surface area contributed by atoms with Crippen LogP contribution >= 0.6 is 0 Å². The smallest absolute Gasteiger partial charge is 0.301 e. The van der Waals surface area contributed by atoms with Gasteiger partial charge in [0.1, 0.15) is 5.82 Å². The summed E-state index contributed by atoms with van der Waals surface area (Å²) in [6.45, 7) is 3.96. The average Bonchev–Trinajstić information content (AvgIpc) is 3.18. The molecule has 0 saturated heterocycles. The van der Waals surface area contributed by atoms with Crippen molar-refractivity contribution < 1.29 is 19.2 Å². The third-order valence-corrected chi connectivity index (χ3v) is 4.46. The molecular formula is C16H16N4O5. The fraction of sp³-hybridized carbons (Fsp3) is 0.375. The first-order valence-electron chi connectivity index (χ1n) is 7.88. The molecule has 0 aliphatic carbocycles. The Balaban J connectivity index is 1.88. The van der Waals surface area contributed by atoms with Crippen LogP contribution in [0.15, 0.2) is 24.4 Å². The molecule has 9 heteroatoms. The summed E-state index contributed by atoms with van der Waals surface area (Å²) >= 11 is 0. The minimum Gasteiger partial charge on any atom is -0.454 e. The number of rotatable bonds is 3. The largest absolute Gasteiger partial charge is 0.454 e. The van der Waals surface area contributed by atoms with Gasteiger partial charge in [-0.2, -0.15) is 5.10 Å². The lowest BCUT2D eigenvalue weighted by Gasteiger charge is -2.27. The van der Waals surface area contributed by atoms with Gasteiger partial charge in [-0.25, -0.2) is 4.68 Å². The van der Waals surface area contributed by atoms with Gasteiger partial charge in [0.05, 0.1) is 12.1 Å². The molecule has 2 aliphatic rings.